The zero-order valence-corrected chi connectivity index (χ0v) is 17.9. The molecule has 0 rings (SSSR count). The topological polar surface area (TPSA) is 118 Å². The molecule has 6 heteroatoms. The van der Waals surface area contributed by atoms with Gasteiger partial charge in [0.15, 0.2) is 0 Å². The summed E-state index contributed by atoms with van der Waals surface area (Å²) in [5, 5.41) is 10.2. The molecule has 0 aliphatic heterocycles. The highest BCUT2D eigenvalue weighted by molar-refractivity contribution is 5.72. The third kappa shape index (κ3) is 51.8. The van der Waals surface area contributed by atoms with Crippen LogP contribution in [0.5, 0.6) is 0 Å². The number of carboxylic acid groups (broad SMARTS) is 1. The summed E-state index contributed by atoms with van der Waals surface area (Å²) in [6, 6.07) is 0. The average Bonchev–Trinajstić information content (AvgIpc) is 2.58. The lowest BCUT2D eigenvalue weighted by molar-refractivity contribution is -0.134. The molecular formula is C19H45N3O3. The molecule has 0 heterocycles. The molecule has 0 fully saturated rings. The van der Waals surface area contributed by atoms with Gasteiger partial charge in [-0.25, -0.2) is 0 Å². The van der Waals surface area contributed by atoms with Crippen molar-refractivity contribution in [1.29, 1.82) is 0 Å². The van der Waals surface area contributed by atoms with Crippen molar-refractivity contribution in [2.24, 2.45) is 29.2 Å². The number of amides is 1. The quantitative estimate of drug-likeness (QED) is 0.553. The molecule has 0 saturated heterocycles. The first-order chi connectivity index (χ1) is 11.5. The Morgan fingerprint density at radius 2 is 1.12 bits per heavy atom. The number of nitrogens with one attached hydrogen (secondary N) is 1. The fourth-order valence-corrected chi connectivity index (χ4v) is 0.796. The van der Waals surface area contributed by atoms with Crippen molar-refractivity contribution < 1.29 is 14.7 Å². The monoisotopic (exact) mass is 363 g/mol. The maximum absolute atomic E-state index is 10.4. The van der Waals surface area contributed by atoms with Crippen LogP contribution in [0.15, 0.2) is 0 Å². The standard InChI is InChI=1S/C7H15NO.2C5H13N.C2H4O2/c1-4-6(2)5-8-7(3)9;2*1-3-5(2)4-6;1-2(3)4/h6H,4-5H2,1-3H3,(H,8,9);2*5H,3-4,6H2,1-2H3;1H3,(H,3,4). The summed E-state index contributed by atoms with van der Waals surface area (Å²) in [5.41, 5.74) is 10.6. The van der Waals surface area contributed by atoms with Crippen molar-refractivity contribution in [1.82, 2.24) is 5.32 Å². The lowest BCUT2D eigenvalue weighted by atomic mass is 10.1. The van der Waals surface area contributed by atoms with Crippen molar-refractivity contribution >= 4 is 11.9 Å². The molecule has 1 amide bonds. The second-order valence-corrected chi connectivity index (χ2v) is 6.47. The van der Waals surface area contributed by atoms with Gasteiger partial charge in [-0.15, -0.1) is 0 Å². The van der Waals surface area contributed by atoms with Gasteiger partial charge in [-0.1, -0.05) is 60.8 Å². The van der Waals surface area contributed by atoms with Crippen molar-refractivity contribution in [3.05, 3.63) is 0 Å². The molecule has 0 bridgehead atoms. The van der Waals surface area contributed by atoms with E-state index in [1.165, 1.54) is 12.8 Å². The van der Waals surface area contributed by atoms with E-state index in [0.29, 0.717) is 17.8 Å². The first-order valence-corrected chi connectivity index (χ1v) is 9.35. The molecule has 0 spiro atoms. The molecule has 0 saturated carbocycles. The van der Waals surface area contributed by atoms with Gasteiger partial charge in [-0.3, -0.25) is 9.59 Å². The third-order valence-electron chi connectivity index (χ3n) is 3.59. The molecule has 154 valence electrons. The maximum Gasteiger partial charge on any atom is 0.300 e. The van der Waals surface area contributed by atoms with Gasteiger partial charge in [0.2, 0.25) is 5.91 Å². The van der Waals surface area contributed by atoms with Gasteiger partial charge < -0.3 is 21.9 Å². The minimum Gasteiger partial charge on any atom is -0.481 e. The normalized spacial score (nSPS) is 12.6. The highest BCUT2D eigenvalue weighted by atomic mass is 16.4. The summed E-state index contributed by atoms with van der Waals surface area (Å²) < 4.78 is 0. The number of nitrogens with two attached hydrogens (primary N) is 2. The predicted molar refractivity (Wildman–Crippen MR) is 108 cm³/mol. The highest BCUT2D eigenvalue weighted by Crippen LogP contribution is 1.96. The predicted octanol–water partition coefficient (Wildman–Crippen LogP) is 3.24. The first-order valence-electron chi connectivity index (χ1n) is 9.35. The zero-order valence-electron chi connectivity index (χ0n) is 17.9. The lowest BCUT2D eigenvalue weighted by Gasteiger charge is -2.07. The van der Waals surface area contributed by atoms with Gasteiger partial charge in [0.05, 0.1) is 0 Å². The molecule has 0 aliphatic rings. The number of hydrogen-bond acceptors (Lipinski definition) is 4. The van der Waals surface area contributed by atoms with Crippen molar-refractivity contribution in [2.75, 3.05) is 19.6 Å². The lowest BCUT2D eigenvalue weighted by Crippen LogP contribution is -2.25. The van der Waals surface area contributed by atoms with Crippen LogP contribution in [0, 0.1) is 17.8 Å². The molecular weight excluding hydrogens is 318 g/mol. The van der Waals surface area contributed by atoms with E-state index < -0.39 is 5.97 Å². The van der Waals surface area contributed by atoms with Crippen LogP contribution in [0.1, 0.15) is 74.7 Å². The Balaban J connectivity index is -0.000000123. The summed E-state index contributed by atoms with van der Waals surface area (Å²) in [6.07, 6.45) is 3.54. The fraction of sp³-hybridized carbons (Fsp3) is 0.895. The fourth-order valence-electron chi connectivity index (χ4n) is 0.796. The SMILES string of the molecule is CC(=O)O.CCC(C)CN.CCC(C)CN.CCC(C)CNC(C)=O. The molecule has 0 aromatic heterocycles. The molecule has 0 aromatic rings. The second-order valence-electron chi connectivity index (χ2n) is 6.47. The summed E-state index contributed by atoms with van der Waals surface area (Å²) in [6.45, 7) is 17.9. The smallest absolute Gasteiger partial charge is 0.300 e. The highest BCUT2D eigenvalue weighted by Gasteiger charge is 1.97. The molecule has 0 aromatic carbocycles. The van der Waals surface area contributed by atoms with Crippen LogP contribution in [0.25, 0.3) is 0 Å². The average molecular weight is 364 g/mol. The second kappa shape index (κ2) is 25.1. The Morgan fingerprint density at radius 1 is 0.840 bits per heavy atom. The molecule has 6 N–H and O–H groups in total. The van der Waals surface area contributed by atoms with E-state index in [1.807, 2.05) is 0 Å². The minimum atomic E-state index is -0.833. The number of carboxylic acids is 1. The summed E-state index contributed by atoms with van der Waals surface area (Å²) >= 11 is 0. The molecule has 25 heavy (non-hydrogen) atoms. The Kier molecular flexibility index (Phi) is 31.7. The Labute approximate surface area is 156 Å². The van der Waals surface area contributed by atoms with Gasteiger partial charge in [0.25, 0.3) is 5.97 Å². The molecule has 0 aliphatic carbocycles. The molecule has 3 atom stereocenters. The van der Waals surface area contributed by atoms with Crippen LogP contribution >= 0.6 is 0 Å². The van der Waals surface area contributed by atoms with E-state index in [0.717, 1.165) is 33.0 Å². The van der Waals surface area contributed by atoms with E-state index in [-0.39, 0.29) is 5.91 Å². The van der Waals surface area contributed by atoms with Gasteiger partial charge >= 0.3 is 0 Å². The Hall–Kier alpha value is -1.14. The van der Waals surface area contributed by atoms with Crippen molar-refractivity contribution in [3.8, 4) is 0 Å². The van der Waals surface area contributed by atoms with Crippen LogP contribution in [0.3, 0.4) is 0 Å². The zero-order chi connectivity index (χ0) is 20.8. The summed E-state index contributed by atoms with van der Waals surface area (Å²) in [5.74, 6) is 1.26. The van der Waals surface area contributed by atoms with Gasteiger partial charge in [0, 0.05) is 20.4 Å². The van der Waals surface area contributed by atoms with Crippen molar-refractivity contribution in [3.63, 3.8) is 0 Å². The first kappa shape index (κ1) is 31.6. The van der Waals surface area contributed by atoms with Crippen LogP contribution in [-0.2, 0) is 9.59 Å². The van der Waals surface area contributed by atoms with E-state index >= 15 is 0 Å². The molecule has 0 radical (unpaired) electrons. The number of aliphatic carboxylic acids is 1. The Morgan fingerprint density at radius 3 is 1.24 bits per heavy atom. The number of hydrogen-bond donors (Lipinski definition) is 4. The van der Waals surface area contributed by atoms with Gasteiger partial charge in [0.1, 0.15) is 0 Å². The molecule has 6 nitrogen and oxygen atoms in total. The van der Waals surface area contributed by atoms with Crippen LogP contribution in [0.4, 0.5) is 0 Å². The molecule has 3 unspecified atom stereocenters. The maximum atomic E-state index is 10.4. The summed E-state index contributed by atoms with van der Waals surface area (Å²) in [4.78, 5) is 19.4. The van der Waals surface area contributed by atoms with Gasteiger partial charge in [-0.2, -0.15) is 0 Å². The third-order valence-corrected chi connectivity index (χ3v) is 3.59. The number of carbonyl (C=O) groups is 2. The van der Waals surface area contributed by atoms with E-state index in [9.17, 15) is 4.79 Å². The number of rotatable bonds is 7. The van der Waals surface area contributed by atoms with Crippen molar-refractivity contribution in [2.45, 2.75) is 74.7 Å². The van der Waals surface area contributed by atoms with Crippen LogP contribution in [-0.4, -0.2) is 36.6 Å². The largest absolute Gasteiger partial charge is 0.481 e. The van der Waals surface area contributed by atoms with Gasteiger partial charge in [-0.05, 0) is 30.8 Å². The minimum absolute atomic E-state index is 0.0651. The van der Waals surface area contributed by atoms with E-state index in [1.54, 1.807) is 6.92 Å². The summed E-state index contributed by atoms with van der Waals surface area (Å²) in [7, 11) is 0. The van der Waals surface area contributed by atoms with Crippen LogP contribution < -0.4 is 16.8 Å². The Bertz CT molecular complexity index is 265. The van der Waals surface area contributed by atoms with E-state index in [2.05, 4.69) is 46.9 Å². The van der Waals surface area contributed by atoms with Crippen LogP contribution in [0.2, 0.25) is 0 Å². The van der Waals surface area contributed by atoms with E-state index in [4.69, 9.17) is 21.4 Å². The number of carbonyl (C=O) groups excluding carboxylic acids is 1.